The molecule has 2 aromatic rings. The van der Waals surface area contributed by atoms with Crippen molar-refractivity contribution < 1.29 is 14.3 Å². The number of carbonyl (C=O) groups excluding carboxylic acids is 2. The molecule has 0 aliphatic rings. The van der Waals surface area contributed by atoms with E-state index in [-0.39, 0.29) is 12.3 Å². The Bertz CT molecular complexity index is 758. The maximum atomic E-state index is 12.7. The summed E-state index contributed by atoms with van der Waals surface area (Å²) in [5.74, 6) is -0.661. The Balaban J connectivity index is 2.31. The highest BCUT2D eigenvalue weighted by molar-refractivity contribution is 6.31. The summed E-state index contributed by atoms with van der Waals surface area (Å²) in [6.07, 6.45) is 0.0108. The first-order valence-corrected chi connectivity index (χ1v) is 8.00. The van der Waals surface area contributed by atoms with E-state index >= 15 is 0 Å². The number of esters is 1. The Kier molecular flexibility index (Phi) is 5.99. The quantitative estimate of drug-likeness (QED) is 0.833. The normalized spacial score (nSPS) is 11.7. The molecule has 0 aliphatic heterocycles. The molecular weight excluding hydrogens is 326 g/mol. The van der Waals surface area contributed by atoms with Crippen molar-refractivity contribution in [2.75, 3.05) is 7.11 Å². The average Bonchev–Trinajstić information content (AvgIpc) is 2.57. The summed E-state index contributed by atoms with van der Waals surface area (Å²) in [5, 5.41) is 3.39. The minimum atomic E-state index is -0.557. The molecule has 0 spiro atoms. The first-order valence-electron chi connectivity index (χ1n) is 7.62. The van der Waals surface area contributed by atoms with Gasteiger partial charge in [-0.1, -0.05) is 41.9 Å². The van der Waals surface area contributed by atoms with E-state index in [1.54, 1.807) is 24.3 Å². The first kappa shape index (κ1) is 18.0. The number of amides is 1. The number of carbonyl (C=O) groups is 2. The molecule has 5 heteroatoms. The predicted molar refractivity (Wildman–Crippen MR) is 94.2 cm³/mol. The highest BCUT2D eigenvalue weighted by atomic mass is 35.5. The highest BCUT2D eigenvalue weighted by Gasteiger charge is 2.22. The summed E-state index contributed by atoms with van der Waals surface area (Å²) in [4.78, 5) is 24.4. The molecule has 0 heterocycles. The fourth-order valence-corrected chi connectivity index (χ4v) is 2.75. The number of ether oxygens (including phenoxy) is 1. The fraction of sp³-hybridized carbons (Fsp3) is 0.263. The summed E-state index contributed by atoms with van der Waals surface area (Å²) in [7, 11) is 1.32. The monoisotopic (exact) mass is 345 g/mol. The van der Waals surface area contributed by atoms with Crippen LogP contribution in [0.25, 0.3) is 0 Å². The molecule has 1 N–H and O–H groups in total. The fourth-order valence-electron chi connectivity index (χ4n) is 2.48. The van der Waals surface area contributed by atoms with E-state index in [4.69, 9.17) is 16.3 Å². The van der Waals surface area contributed by atoms with Crippen LogP contribution >= 0.6 is 11.6 Å². The van der Waals surface area contributed by atoms with Gasteiger partial charge in [0, 0.05) is 10.6 Å². The lowest BCUT2D eigenvalue weighted by molar-refractivity contribution is -0.141. The van der Waals surface area contributed by atoms with E-state index in [0.717, 1.165) is 11.1 Å². The number of halogens is 1. The van der Waals surface area contributed by atoms with Crippen molar-refractivity contribution in [3.05, 3.63) is 69.7 Å². The molecule has 1 amide bonds. The topological polar surface area (TPSA) is 55.4 Å². The Labute approximate surface area is 146 Å². The van der Waals surface area contributed by atoms with Gasteiger partial charge >= 0.3 is 5.97 Å². The third-order valence-electron chi connectivity index (χ3n) is 4.03. The van der Waals surface area contributed by atoms with E-state index in [1.165, 1.54) is 7.11 Å². The molecule has 0 fully saturated rings. The molecule has 4 nitrogen and oxygen atoms in total. The van der Waals surface area contributed by atoms with Crippen LogP contribution in [0.5, 0.6) is 0 Å². The largest absolute Gasteiger partial charge is 0.469 e. The Morgan fingerprint density at radius 1 is 1.12 bits per heavy atom. The molecule has 1 atom stereocenters. The first-order chi connectivity index (χ1) is 11.4. The molecule has 0 radical (unpaired) electrons. The van der Waals surface area contributed by atoms with Gasteiger partial charge in [0.25, 0.3) is 5.91 Å². The van der Waals surface area contributed by atoms with Gasteiger partial charge in [-0.15, -0.1) is 0 Å². The van der Waals surface area contributed by atoms with Gasteiger partial charge in [0.15, 0.2) is 0 Å². The van der Waals surface area contributed by atoms with Crippen molar-refractivity contribution in [2.24, 2.45) is 0 Å². The van der Waals surface area contributed by atoms with Gasteiger partial charge in [0.05, 0.1) is 19.6 Å². The summed E-state index contributed by atoms with van der Waals surface area (Å²) in [6.45, 7) is 3.85. The molecule has 126 valence electrons. The lowest BCUT2D eigenvalue weighted by Gasteiger charge is -2.20. The third-order valence-corrected chi connectivity index (χ3v) is 4.38. The van der Waals surface area contributed by atoms with E-state index in [2.05, 4.69) is 5.32 Å². The van der Waals surface area contributed by atoms with Gasteiger partial charge in [0.1, 0.15) is 0 Å². The minimum Gasteiger partial charge on any atom is -0.469 e. The summed E-state index contributed by atoms with van der Waals surface area (Å²) in [5.41, 5.74) is 3.20. The number of hydrogen-bond donors (Lipinski definition) is 1. The van der Waals surface area contributed by atoms with Crippen LogP contribution in [0, 0.1) is 13.8 Å². The molecule has 0 aromatic heterocycles. The number of hydrogen-bond acceptors (Lipinski definition) is 3. The van der Waals surface area contributed by atoms with Gasteiger partial charge in [-0.2, -0.15) is 0 Å². The van der Waals surface area contributed by atoms with Crippen molar-refractivity contribution in [1.29, 1.82) is 0 Å². The van der Waals surface area contributed by atoms with E-state index in [1.807, 2.05) is 32.0 Å². The SMILES string of the molecule is COC(=O)C[C@@H](NC(=O)c1cccc(C)c1C)c1ccccc1Cl. The van der Waals surface area contributed by atoms with Gasteiger partial charge in [-0.25, -0.2) is 0 Å². The molecule has 0 bridgehead atoms. The lowest BCUT2D eigenvalue weighted by atomic mass is 10.00. The molecule has 2 rings (SSSR count). The zero-order valence-electron chi connectivity index (χ0n) is 13.9. The Hall–Kier alpha value is -2.33. The summed E-state index contributed by atoms with van der Waals surface area (Å²) >= 11 is 6.23. The van der Waals surface area contributed by atoms with Crippen LogP contribution in [0.4, 0.5) is 0 Å². The van der Waals surface area contributed by atoms with Gasteiger partial charge < -0.3 is 10.1 Å². The average molecular weight is 346 g/mol. The van der Waals surface area contributed by atoms with E-state index in [9.17, 15) is 9.59 Å². The van der Waals surface area contributed by atoms with Crippen molar-refractivity contribution >= 4 is 23.5 Å². The Morgan fingerprint density at radius 3 is 2.50 bits per heavy atom. The van der Waals surface area contributed by atoms with Crippen LogP contribution in [-0.2, 0) is 9.53 Å². The van der Waals surface area contributed by atoms with Crippen LogP contribution in [-0.4, -0.2) is 19.0 Å². The van der Waals surface area contributed by atoms with Crippen molar-refractivity contribution in [1.82, 2.24) is 5.32 Å². The second kappa shape index (κ2) is 7.97. The van der Waals surface area contributed by atoms with E-state index in [0.29, 0.717) is 16.1 Å². The lowest BCUT2D eigenvalue weighted by Crippen LogP contribution is -2.31. The molecule has 0 unspecified atom stereocenters. The van der Waals surface area contributed by atoms with Crippen molar-refractivity contribution in [3.8, 4) is 0 Å². The second-order valence-corrected chi connectivity index (χ2v) is 5.98. The smallest absolute Gasteiger partial charge is 0.307 e. The van der Waals surface area contributed by atoms with Gasteiger partial charge in [-0.3, -0.25) is 9.59 Å². The zero-order chi connectivity index (χ0) is 17.7. The Morgan fingerprint density at radius 2 is 1.83 bits per heavy atom. The van der Waals surface area contributed by atoms with Gasteiger partial charge in [0.2, 0.25) is 0 Å². The maximum Gasteiger partial charge on any atom is 0.307 e. The van der Waals surface area contributed by atoms with Crippen LogP contribution < -0.4 is 5.32 Å². The second-order valence-electron chi connectivity index (χ2n) is 5.58. The predicted octanol–water partition coefficient (Wildman–Crippen LogP) is 3.99. The molecule has 24 heavy (non-hydrogen) atoms. The van der Waals surface area contributed by atoms with Crippen molar-refractivity contribution in [3.63, 3.8) is 0 Å². The number of aryl methyl sites for hydroxylation is 1. The van der Waals surface area contributed by atoms with Crippen LogP contribution in [0.2, 0.25) is 5.02 Å². The van der Waals surface area contributed by atoms with Crippen LogP contribution in [0.3, 0.4) is 0 Å². The molecule has 0 saturated heterocycles. The number of rotatable bonds is 5. The number of methoxy groups -OCH3 is 1. The molecule has 2 aromatic carbocycles. The standard InChI is InChI=1S/C19H20ClNO3/c1-12-7-6-9-14(13(12)2)19(23)21-17(11-18(22)24-3)15-8-4-5-10-16(15)20/h4-10,17H,11H2,1-3H3,(H,21,23)/t17-/m1/s1. The summed E-state index contributed by atoms with van der Waals surface area (Å²) in [6, 6.07) is 12.1. The number of nitrogens with one attached hydrogen (secondary N) is 1. The third kappa shape index (κ3) is 4.15. The van der Waals surface area contributed by atoms with Gasteiger partial charge in [-0.05, 0) is 42.7 Å². The highest BCUT2D eigenvalue weighted by Crippen LogP contribution is 2.26. The summed E-state index contributed by atoms with van der Waals surface area (Å²) < 4.78 is 4.74. The van der Waals surface area contributed by atoms with Crippen LogP contribution in [0.15, 0.2) is 42.5 Å². The maximum absolute atomic E-state index is 12.7. The minimum absolute atomic E-state index is 0.0108. The van der Waals surface area contributed by atoms with Crippen LogP contribution in [0.1, 0.15) is 39.5 Å². The molecule has 0 aliphatic carbocycles. The van der Waals surface area contributed by atoms with Crippen molar-refractivity contribution in [2.45, 2.75) is 26.3 Å². The zero-order valence-corrected chi connectivity index (χ0v) is 14.7. The molecule has 0 saturated carbocycles. The van der Waals surface area contributed by atoms with E-state index < -0.39 is 12.0 Å². The number of benzene rings is 2. The molecular formula is C19H20ClNO3.